The number of nitro benzene ring substituents is 1. The van der Waals surface area contributed by atoms with E-state index >= 15 is 0 Å². The Kier molecular flexibility index (Phi) is 3.62. The molecule has 1 atom stereocenters. The SMILES string of the molecule is O=[N+]([O-])c1ccccc1CN(C1CC1)C1CCc2ccccc21. The van der Waals surface area contributed by atoms with Gasteiger partial charge in [-0.3, -0.25) is 15.0 Å². The normalized spacial score (nSPS) is 19.8. The van der Waals surface area contributed by atoms with Crippen molar-refractivity contribution in [1.82, 2.24) is 4.90 Å². The third kappa shape index (κ3) is 2.75. The highest BCUT2D eigenvalue weighted by molar-refractivity contribution is 5.40. The Morgan fingerprint density at radius 3 is 2.57 bits per heavy atom. The topological polar surface area (TPSA) is 46.4 Å². The van der Waals surface area contributed by atoms with E-state index in [1.54, 1.807) is 12.1 Å². The maximum atomic E-state index is 11.3. The summed E-state index contributed by atoms with van der Waals surface area (Å²) in [6, 6.07) is 16.8. The van der Waals surface area contributed by atoms with E-state index < -0.39 is 0 Å². The summed E-state index contributed by atoms with van der Waals surface area (Å²) in [5, 5.41) is 11.3. The summed E-state index contributed by atoms with van der Waals surface area (Å²) in [7, 11) is 0. The standard InChI is InChI=1S/C19H20N2O2/c22-21(23)18-8-4-2-6-15(18)13-20(16-10-11-16)19-12-9-14-5-1-3-7-17(14)19/h1-8,16,19H,9-13H2. The first-order valence-electron chi connectivity index (χ1n) is 8.30. The lowest BCUT2D eigenvalue weighted by Gasteiger charge is -2.29. The van der Waals surface area contributed by atoms with Gasteiger partial charge in [-0.25, -0.2) is 0 Å². The minimum Gasteiger partial charge on any atom is -0.289 e. The Balaban J connectivity index is 1.65. The van der Waals surface area contributed by atoms with E-state index in [4.69, 9.17) is 0 Å². The highest BCUT2D eigenvalue weighted by atomic mass is 16.6. The maximum absolute atomic E-state index is 11.3. The van der Waals surface area contributed by atoms with Crippen molar-refractivity contribution in [2.45, 2.75) is 44.3 Å². The van der Waals surface area contributed by atoms with Crippen LogP contribution < -0.4 is 0 Å². The van der Waals surface area contributed by atoms with Gasteiger partial charge in [0.25, 0.3) is 5.69 Å². The molecule has 0 N–H and O–H groups in total. The highest BCUT2D eigenvalue weighted by Gasteiger charge is 2.38. The molecule has 0 bridgehead atoms. The molecule has 0 heterocycles. The van der Waals surface area contributed by atoms with Gasteiger partial charge in [-0.05, 0) is 36.8 Å². The molecule has 2 aromatic rings. The average Bonchev–Trinajstić information content (AvgIpc) is 3.32. The third-order valence-corrected chi connectivity index (χ3v) is 5.06. The monoisotopic (exact) mass is 308 g/mol. The minimum atomic E-state index is -0.261. The highest BCUT2D eigenvalue weighted by Crippen LogP contribution is 2.43. The van der Waals surface area contributed by atoms with Crippen LogP contribution in [0.25, 0.3) is 0 Å². The molecule has 4 rings (SSSR count). The molecule has 0 aromatic heterocycles. The molecule has 1 fully saturated rings. The van der Waals surface area contributed by atoms with Crippen LogP contribution in [0.2, 0.25) is 0 Å². The van der Waals surface area contributed by atoms with Crippen LogP contribution >= 0.6 is 0 Å². The van der Waals surface area contributed by atoms with Gasteiger partial charge in [0.15, 0.2) is 0 Å². The molecule has 0 radical (unpaired) electrons. The van der Waals surface area contributed by atoms with E-state index in [0.29, 0.717) is 18.6 Å². The molecule has 1 saturated carbocycles. The number of rotatable bonds is 5. The van der Waals surface area contributed by atoms with Gasteiger partial charge < -0.3 is 0 Å². The van der Waals surface area contributed by atoms with Gasteiger partial charge in [0.05, 0.1) is 4.92 Å². The van der Waals surface area contributed by atoms with Crippen molar-refractivity contribution in [1.29, 1.82) is 0 Å². The summed E-state index contributed by atoms with van der Waals surface area (Å²) in [5.41, 5.74) is 3.92. The lowest BCUT2D eigenvalue weighted by molar-refractivity contribution is -0.385. The summed E-state index contributed by atoms with van der Waals surface area (Å²) in [6.45, 7) is 0.667. The number of fused-ring (bicyclic) bond motifs is 1. The van der Waals surface area contributed by atoms with E-state index in [1.165, 1.54) is 24.0 Å². The number of benzene rings is 2. The fraction of sp³-hybridized carbons (Fsp3) is 0.368. The van der Waals surface area contributed by atoms with Crippen LogP contribution in [-0.2, 0) is 13.0 Å². The number of aryl methyl sites for hydroxylation is 1. The zero-order valence-electron chi connectivity index (χ0n) is 13.0. The summed E-state index contributed by atoms with van der Waals surface area (Å²) in [5.74, 6) is 0. The number of nitro groups is 1. The second-order valence-corrected chi connectivity index (χ2v) is 6.54. The Bertz CT molecular complexity index is 740. The quantitative estimate of drug-likeness (QED) is 0.613. The summed E-state index contributed by atoms with van der Waals surface area (Å²) in [6.07, 6.45) is 4.65. The van der Waals surface area contributed by atoms with Crippen LogP contribution in [0.15, 0.2) is 48.5 Å². The van der Waals surface area contributed by atoms with Crippen LogP contribution in [0.4, 0.5) is 5.69 Å². The molecule has 23 heavy (non-hydrogen) atoms. The summed E-state index contributed by atoms with van der Waals surface area (Å²) in [4.78, 5) is 13.5. The molecule has 1 unspecified atom stereocenters. The molecular weight excluding hydrogens is 288 g/mol. The molecule has 4 nitrogen and oxygen atoms in total. The second kappa shape index (κ2) is 5.78. The van der Waals surface area contributed by atoms with Crippen molar-refractivity contribution in [3.63, 3.8) is 0 Å². The van der Waals surface area contributed by atoms with Crippen LogP contribution in [0.5, 0.6) is 0 Å². The Labute approximate surface area is 135 Å². The van der Waals surface area contributed by atoms with E-state index in [2.05, 4.69) is 29.2 Å². The van der Waals surface area contributed by atoms with Crippen molar-refractivity contribution >= 4 is 5.69 Å². The average molecular weight is 308 g/mol. The smallest absolute Gasteiger partial charge is 0.273 e. The maximum Gasteiger partial charge on any atom is 0.273 e. The predicted molar refractivity (Wildman–Crippen MR) is 89.2 cm³/mol. The summed E-state index contributed by atoms with van der Waals surface area (Å²) < 4.78 is 0. The van der Waals surface area contributed by atoms with Gasteiger partial charge >= 0.3 is 0 Å². The Morgan fingerprint density at radius 1 is 1.04 bits per heavy atom. The number of para-hydroxylation sites is 1. The van der Waals surface area contributed by atoms with Gasteiger partial charge in [-0.1, -0.05) is 42.5 Å². The molecule has 118 valence electrons. The van der Waals surface area contributed by atoms with Gasteiger partial charge in [0, 0.05) is 30.3 Å². The molecule has 0 spiro atoms. The van der Waals surface area contributed by atoms with Crippen molar-refractivity contribution in [2.75, 3.05) is 0 Å². The van der Waals surface area contributed by atoms with Crippen molar-refractivity contribution in [3.05, 3.63) is 75.3 Å². The van der Waals surface area contributed by atoms with Crippen LogP contribution in [-0.4, -0.2) is 15.9 Å². The zero-order valence-corrected chi connectivity index (χ0v) is 13.0. The molecule has 0 aliphatic heterocycles. The Hall–Kier alpha value is -2.20. The van der Waals surface area contributed by atoms with E-state index in [0.717, 1.165) is 18.4 Å². The first kappa shape index (κ1) is 14.4. The van der Waals surface area contributed by atoms with Crippen LogP contribution in [0.3, 0.4) is 0 Å². The lowest BCUT2D eigenvalue weighted by atomic mass is 10.1. The van der Waals surface area contributed by atoms with E-state index in [1.807, 2.05) is 12.1 Å². The van der Waals surface area contributed by atoms with Crippen LogP contribution in [0, 0.1) is 10.1 Å². The van der Waals surface area contributed by atoms with Gasteiger partial charge in [0.2, 0.25) is 0 Å². The Morgan fingerprint density at radius 2 is 1.78 bits per heavy atom. The van der Waals surface area contributed by atoms with Gasteiger partial charge in [-0.2, -0.15) is 0 Å². The second-order valence-electron chi connectivity index (χ2n) is 6.54. The minimum absolute atomic E-state index is 0.240. The fourth-order valence-electron chi connectivity index (χ4n) is 3.80. The number of hydrogen-bond donors (Lipinski definition) is 0. The van der Waals surface area contributed by atoms with Crippen molar-refractivity contribution in [3.8, 4) is 0 Å². The molecule has 2 aromatic carbocycles. The van der Waals surface area contributed by atoms with E-state index in [9.17, 15) is 10.1 Å². The van der Waals surface area contributed by atoms with Gasteiger partial charge in [-0.15, -0.1) is 0 Å². The number of nitrogens with zero attached hydrogens (tertiary/aromatic N) is 2. The molecule has 4 heteroatoms. The number of hydrogen-bond acceptors (Lipinski definition) is 3. The third-order valence-electron chi connectivity index (χ3n) is 5.06. The molecule has 2 aliphatic carbocycles. The largest absolute Gasteiger partial charge is 0.289 e. The molecule has 2 aliphatic rings. The summed E-state index contributed by atoms with van der Waals surface area (Å²) >= 11 is 0. The van der Waals surface area contributed by atoms with E-state index in [-0.39, 0.29) is 10.6 Å². The lowest BCUT2D eigenvalue weighted by Crippen LogP contribution is -2.29. The molecule has 0 amide bonds. The molecular formula is C19H20N2O2. The molecule has 0 saturated heterocycles. The fourth-order valence-corrected chi connectivity index (χ4v) is 3.80. The first-order chi connectivity index (χ1) is 11.2. The van der Waals surface area contributed by atoms with Crippen molar-refractivity contribution in [2.24, 2.45) is 0 Å². The zero-order chi connectivity index (χ0) is 15.8. The van der Waals surface area contributed by atoms with Gasteiger partial charge in [0.1, 0.15) is 0 Å². The predicted octanol–water partition coefficient (Wildman–Crippen LogP) is 4.25. The first-order valence-corrected chi connectivity index (χ1v) is 8.30. The van der Waals surface area contributed by atoms with Crippen LogP contribution in [0.1, 0.15) is 42.0 Å². The van der Waals surface area contributed by atoms with Crippen molar-refractivity contribution < 1.29 is 4.92 Å².